The van der Waals surface area contributed by atoms with Crippen LogP contribution in [-0.2, 0) is 11.2 Å². The predicted octanol–water partition coefficient (Wildman–Crippen LogP) is 4.08. The van der Waals surface area contributed by atoms with Gasteiger partial charge in [0, 0.05) is 18.8 Å². The molecule has 0 radical (unpaired) electrons. The first kappa shape index (κ1) is 17.2. The number of ether oxygens (including phenoxy) is 1. The molecule has 3 nitrogen and oxygen atoms in total. The molecule has 1 aromatic carbocycles. The fourth-order valence-corrected chi connectivity index (χ4v) is 4.63. The Morgan fingerprint density at radius 3 is 2.58 bits per heavy atom. The maximum Gasteiger partial charge on any atom is 0.165 e. The number of allylic oxidation sites excluding steroid dienone is 2. The largest absolute Gasteiger partial charge is 0.497 e. The van der Waals surface area contributed by atoms with Crippen molar-refractivity contribution < 1.29 is 14.6 Å². The molecular weight excluding hydrogens is 300 g/mol. The molecule has 2 bridgehead atoms. The van der Waals surface area contributed by atoms with Crippen molar-refractivity contribution in [1.82, 2.24) is 0 Å². The second-order valence-electron chi connectivity index (χ2n) is 7.81. The summed E-state index contributed by atoms with van der Waals surface area (Å²) in [5.74, 6) is 0.773. The van der Waals surface area contributed by atoms with Gasteiger partial charge in [-0.15, -0.1) is 0 Å². The van der Waals surface area contributed by atoms with Gasteiger partial charge in [0.2, 0.25) is 0 Å². The first-order valence-corrected chi connectivity index (χ1v) is 8.96. The standard InChI is InChI=1S/C21H28O3/c1-20(2)16-6-4-5-7-19(22)21(23,18(20)13-10-16)14-15-8-11-17(24-3)12-9-15/h6,8-9,11-12,18,23H,4-5,7,10,13-14H2,1-3H3/b16-6+/t18-,21+/m0/s1. The third-order valence-corrected chi connectivity index (χ3v) is 6.09. The van der Waals surface area contributed by atoms with Gasteiger partial charge in [0.15, 0.2) is 5.78 Å². The molecule has 1 aromatic rings. The van der Waals surface area contributed by atoms with E-state index in [4.69, 9.17) is 4.74 Å². The summed E-state index contributed by atoms with van der Waals surface area (Å²) < 4.78 is 5.20. The van der Waals surface area contributed by atoms with E-state index in [0.29, 0.717) is 12.8 Å². The van der Waals surface area contributed by atoms with Gasteiger partial charge in [0.05, 0.1) is 7.11 Å². The number of methoxy groups -OCH3 is 1. The Labute approximate surface area is 144 Å². The van der Waals surface area contributed by atoms with Gasteiger partial charge in [-0.3, -0.25) is 4.79 Å². The lowest BCUT2D eigenvalue weighted by molar-refractivity contribution is -0.147. The van der Waals surface area contributed by atoms with E-state index in [9.17, 15) is 9.90 Å². The zero-order valence-electron chi connectivity index (χ0n) is 15.0. The van der Waals surface area contributed by atoms with E-state index in [-0.39, 0.29) is 17.1 Å². The molecule has 0 aliphatic heterocycles. The van der Waals surface area contributed by atoms with Crippen molar-refractivity contribution >= 4 is 5.78 Å². The summed E-state index contributed by atoms with van der Waals surface area (Å²) in [7, 11) is 1.64. The van der Waals surface area contributed by atoms with Crippen LogP contribution in [0.3, 0.4) is 0 Å². The number of benzene rings is 1. The summed E-state index contributed by atoms with van der Waals surface area (Å²) in [6, 6.07) is 7.69. The van der Waals surface area contributed by atoms with Gasteiger partial charge in [0.25, 0.3) is 0 Å². The zero-order valence-corrected chi connectivity index (χ0v) is 15.0. The number of aliphatic hydroxyl groups is 1. The minimum absolute atomic E-state index is 0.00735. The summed E-state index contributed by atoms with van der Waals surface area (Å²) in [5, 5.41) is 11.6. The molecule has 1 N–H and O–H groups in total. The normalized spacial score (nSPS) is 31.6. The second-order valence-corrected chi connectivity index (χ2v) is 7.81. The molecular formula is C21H28O3. The fraction of sp³-hybridized carbons (Fsp3) is 0.571. The number of ketones is 1. The average Bonchev–Trinajstić information content (AvgIpc) is 2.87. The summed E-state index contributed by atoms with van der Waals surface area (Å²) in [6.07, 6.45) is 6.81. The van der Waals surface area contributed by atoms with Gasteiger partial charge < -0.3 is 9.84 Å². The summed E-state index contributed by atoms with van der Waals surface area (Å²) in [4.78, 5) is 12.9. The summed E-state index contributed by atoms with van der Waals surface area (Å²) in [6.45, 7) is 4.38. The monoisotopic (exact) mass is 328 g/mol. The van der Waals surface area contributed by atoms with Crippen molar-refractivity contribution in [2.45, 2.75) is 58.0 Å². The molecule has 0 heterocycles. The SMILES string of the molecule is COc1ccc(C[C@]2(O)C(=O)CCC/C=C3\CC[C@H]2C3(C)C)cc1. The topological polar surface area (TPSA) is 46.5 Å². The fourth-order valence-electron chi connectivity index (χ4n) is 4.63. The lowest BCUT2D eigenvalue weighted by Gasteiger charge is -2.40. The van der Waals surface area contributed by atoms with E-state index < -0.39 is 5.60 Å². The molecule has 3 rings (SSSR count). The molecule has 0 aromatic heterocycles. The molecule has 0 unspecified atom stereocenters. The minimum Gasteiger partial charge on any atom is -0.497 e. The Morgan fingerprint density at radius 2 is 1.92 bits per heavy atom. The number of carbonyl (C=O) groups is 1. The van der Waals surface area contributed by atoms with Gasteiger partial charge >= 0.3 is 0 Å². The first-order chi connectivity index (χ1) is 11.4. The molecule has 2 atom stereocenters. The Bertz CT molecular complexity index is 642. The van der Waals surface area contributed by atoms with Crippen LogP contribution in [0.5, 0.6) is 5.75 Å². The highest BCUT2D eigenvalue weighted by Crippen LogP contribution is 2.53. The van der Waals surface area contributed by atoms with Gasteiger partial charge in [-0.25, -0.2) is 0 Å². The van der Waals surface area contributed by atoms with Crippen LogP contribution in [0.15, 0.2) is 35.9 Å². The molecule has 3 heteroatoms. The third kappa shape index (κ3) is 2.90. The number of hydrogen-bond donors (Lipinski definition) is 1. The van der Waals surface area contributed by atoms with E-state index in [1.54, 1.807) is 7.11 Å². The quantitative estimate of drug-likeness (QED) is 0.850. The molecule has 2 aliphatic rings. The summed E-state index contributed by atoms with van der Waals surface area (Å²) >= 11 is 0. The van der Waals surface area contributed by atoms with Crippen LogP contribution in [0, 0.1) is 11.3 Å². The van der Waals surface area contributed by atoms with Gasteiger partial charge in [-0.2, -0.15) is 0 Å². The lowest BCUT2D eigenvalue weighted by atomic mass is 9.66. The van der Waals surface area contributed by atoms with Crippen LogP contribution >= 0.6 is 0 Å². The molecule has 2 aliphatic carbocycles. The second kappa shape index (κ2) is 6.36. The molecule has 1 fully saturated rings. The molecule has 0 spiro atoms. The molecule has 130 valence electrons. The number of Topliss-reactive ketones (excluding diaryl/α,β-unsaturated/α-hetero) is 1. The van der Waals surface area contributed by atoms with Crippen molar-refractivity contribution in [2.24, 2.45) is 11.3 Å². The van der Waals surface area contributed by atoms with Crippen LogP contribution in [0.1, 0.15) is 51.5 Å². The highest BCUT2D eigenvalue weighted by Gasteiger charge is 2.53. The van der Waals surface area contributed by atoms with Crippen molar-refractivity contribution in [3.8, 4) is 5.75 Å². The van der Waals surface area contributed by atoms with E-state index >= 15 is 0 Å². The number of carbonyl (C=O) groups excluding carboxylic acids is 1. The Hall–Kier alpha value is -1.61. The minimum atomic E-state index is -1.28. The molecule has 0 amide bonds. The van der Waals surface area contributed by atoms with Crippen molar-refractivity contribution in [2.75, 3.05) is 7.11 Å². The Balaban J connectivity index is 1.96. The van der Waals surface area contributed by atoms with E-state index in [0.717, 1.165) is 37.0 Å². The lowest BCUT2D eigenvalue weighted by Crippen LogP contribution is -2.51. The number of fused-ring (bicyclic) bond motifs is 2. The smallest absolute Gasteiger partial charge is 0.165 e. The Morgan fingerprint density at radius 1 is 1.21 bits per heavy atom. The maximum absolute atomic E-state index is 12.9. The van der Waals surface area contributed by atoms with Crippen molar-refractivity contribution in [3.05, 3.63) is 41.5 Å². The number of rotatable bonds is 3. The van der Waals surface area contributed by atoms with Gasteiger partial charge in [-0.1, -0.05) is 37.6 Å². The van der Waals surface area contributed by atoms with Gasteiger partial charge in [-0.05, 0) is 48.8 Å². The Kier molecular flexibility index (Phi) is 4.56. The van der Waals surface area contributed by atoms with Crippen LogP contribution in [0.25, 0.3) is 0 Å². The van der Waals surface area contributed by atoms with Crippen LogP contribution < -0.4 is 4.74 Å². The molecule has 0 saturated heterocycles. The van der Waals surface area contributed by atoms with Crippen LogP contribution in [0.4, 0.5) is 0 Å². The summed E-state index contributed by atoms with van der Waals surface area (Å²) in [5.41, 5.74) is 0.994. The average molecular weight is 328 g/mol. The predicted molar refractivity (Wildman–Crippen MR) is 95.1 cm³/mol. The molecule has 24 heavy (non-hydrogen) atoms. The van der Waals surface area contributed by atoms with Crippen molar-refractivity contribution in [1.29, 1.82) is 0 Å². The number of hydrogen-bond acceptors (Lipinski definition) is 3. The third-order valence-electron chi connectivity index (χ3n) is 6.09. The maximum atomic E-state index is 12.9. The van der Waals surface area contributed by atoms with E-state index in [1.807, 2.05) is 24.3 Å². The van der Waals surface area contributed by atoms with E-state index in [2.05, 4.69) is 19.9 Å². The van der Waals surface area contributed by atoms with E-state index in [1.165, 1.54) is 5.57 Å². The highest BCUT2D eigenvalue weighted by molar-refractivity contribution is 5.88. The molecule has 1 saturated carbocycles. The first-order valence-electron chi connectivity index (χ1n) is 8.96. The van der Waals surface area contributed by atoms with Crippen LogP contribution in [-0.4, -0.2) is 23.6 Å². The highest BCUT2D eigenvalue weighted by atomic mass is 16.5. The van der Waals surface area contributed by atoms with Crippen molar-refractivity contribution in [3.63, 3.8) is 0 Å². The van der Waals surface area contributed by atoms with Crippen LogP contribution in [0.2, 0.25) is 0 Å². The zero-order chi connectivity index (χ0) is 17.4. The van der Waals surface area contributed by atoms with Gasteiger partial charge in [0.1, 0.15) is 11.4 Å².